The molecule has 0 spiro atoms. The Morgan fingerprint density at radius 1 is 1.10 bits per heavy atom. The fourth-order valence-corrected chi connectivity index (χ4v) is 1.68. The lowest BCUT2D eigenvalue weighted by molar-refractivity contribution is 0.198. The van der Waals surface area contributed by atoms with Gasteiger partial charge in [-0.05, 0) is 24.1 Å². The van der Waals surface area contributed by atoms with Crippen molar-refractivity contribution in [2.45, 2.75) is 13.0 Å². The van der Waals surface area contributed by atoms with Crippen LogP contribution in [0.2, 0.25) is 0 Å². The zero-order valence-corrected chi connectivity index (χ0v) is 11.5. The molecule has 0 atom stereocenters. The van der Waals surface area contributed by atoms with Gasteiger partial charge in [-0.25, -0.2) is 9.97 Å². The molecule has 0 bridgehead atoms. The number of aromatic nitrogens is 3. The van der Waals surface area contributed by atoms with Crippen molar-refractivity contribution < 1.29 is 4.74 Å². The summed E-state index contributed by atoms with van der Waals surface area (Å²) in [7, 11) is 1.70. The standard InChI is InChI=1S/C14H19N5O/c1-20-8-2-5-16-13-9-14(19-11-18-13)17-10-12-3-6-15-7-4-12/h3-4,6-7,9,11H,2,5,8,10H2,1H3,(H2,16,17,18,19). The van der Waals surface area contributed by atoms with Crippen LogP contribution in [-0.2, 0) is 11.3 Å². The van der Waals surface area contributed by atoms with Gasteiger partial charge in [0.25, 0.3) is 0 Å². The first-order valence-electron chi connectivity index (χ1n) is 6.56. The molecule has 0 aliphatic rings. The molecule has 106 valence electrons. The number of nitrogens with zero attached hydrogens (tertiary/aromatic N) is 3. The molecule has 2 aromatic rings. The van der Waals surface area contributed by atoms with Gasteiger partial charge in [0.05, 0.1) is 0 Å². The zero-order chi connectivity index (χ0) is 14.0. The quantitative estimate of drug-likeness (QED) is 0.716. The monoisotopic (exact) mass is 273 g/mol. The molecule has 0 saturated heterocycles. The Labute approximate surface area is 118 Å². The van der Waals surface area contributed by atoms with Crippen molar-refractivity contribution in [3.05, 3.63) is 42.5 Å². The highest BCUT2D eigenvalue weighted by Crippen LogP contribution is 2.10. The van der Waals surface area contributed by atoms with Crippen LogP contribution in [0.1, 0.15) is 12.0 Å². The van der Waals surface area contributed by atoms with Gasteiger partial charge in [0.2, 0.25) is 0 Å². The molecule has 2 aromatic heterocycles. The Balaban J connectivity index is 1.83. The van der Waals surface area contributed by atoms with Gasteiger partial charge < -0.3 is 15.4 Å². The largest absolute Gasteiger partial charge is 0.385 e. The smallest absolute Gasteiger partial charge is 0.131 e. The predicted octanol–water partition coefficient (Wildman–Crippen LogP) is 1.93. The molecular formula is C14H19N5O. The van der Waals surface area contributed by atoms with Crippen LogP contribution in [0, 0.1) is 0 Å². The third kappa shape index (κ3) is 4.81. The number of hydrogen-bond acceptors (Lipinski definition) is 6. The van der Waals surface area contributed by atoms with E-state index < -0.39 is 0 Å². The van der Waals surface area contributed by atoms with E-state index in [-0.39, 0.29) is 0 Å². The first-order chi connectivity index (χ1) is 9.88. The number of anilines is 2. The van der Waals surface area contributed by atoms with Crippen molar-refractivity contribution in [2.75, 3.05) is 30.9 Å². The van der Waals surface area contributed by atoms with E-state index in [1.54, 1.807) is 25.8 Å². The van der Waals surface area contributed by atoms with Crippen LogP contribution in [0.5, 0.6) is 0 Å². The van der Waals surface area contributed by atoms with Gasteiger partial charge >= 0.3 is 0 Å². The van der Waals surface area contributed by atoms with E-state index in [1.165, 1.54) is 0 Å². The molecule has 0 unspecified atom stereocenters. The predicted molar refractivity (Wildman–Crippen MR) is 78.6 cm³/mol. The summed E-state index contributed by atoms with van der Waals surface area (Å²) in [5.74, 6) is 1.61. The van der Waals surface area contributed by atoms with E-state index in [2.05, 4.69) is 25.6 Å². The Morgan fingerprint density at radius 2 is 1.85 bits per heavy atom. The second-order valence-electron chi connectivity index (χ2n) is 4.27. The van der Waals surface area contributed by atoms with Crippen molar-refractivity contribution in [3.63, 3.8) is 0 Å². The summed E-state index contributed by atoms with van der Waals surface area (Å²) in [6.45, 7) is 2.28. The summed E-state index contributed by atoms with van der Waals surface area (Å²) in [5.41, 5.74) is 1.16. The average molecular weight is 273 g/mol. The van der Waals surface area contributed by atoms with Gasteiger partial charge in [-0.1, -0.05) is 0 Å². The number of ether oxygens (including phenoxy) is 1. The molecule has 0 aliphatic carbocycles. The SMILES string of the molecule is COCCCNc1cc(NCc2ccncc2)ncn1. The Kier molecular flexibility index (Phi) is 5.72. The lowest BCUT2D eigenvalue weighted by Crippen LogP contribution is -2.07. The fraction of sp³-hybridized carbons (Fsp3) is 0.357. The van der Waals surface area contributed by atoms with Crippen LogP contribution < -0.4 is 10.6 Å². The highest BCUT2D eigenvalue weighted by atomic mass is 16.5. The van der Waals surface area contributed by atoms with Crippen molar-refractivity contribution in [3.8, 4) is 0 Å². The summed E-state index contributed by atoms with van der Waals surface area (Å²) in [6, 6.07) is 5.84. The number of methoxy groups -OCH3 is 1. The van der Waals surface area contributed by atoms with Crippen LogP contribution >= 0.6 is 0 Å². The average Bonchev–Trinajstić information content (AvgIpc) is 2.51. The highest BCUT2D eigenvalue weighted by molar-refractivity contribution is 5.46. The summed E-state index contributed by atoms with van der Waals surface area (Å²) < 4.78 is 5.00. The van der Waals surface area contributed by atoms with E-state index in [9.17, 15) is 0 Å². The van der Waals surface area contributed by atoms with Crippen LogP contribution in [0.15, 0.2) is 36.9 Å². The molecule has 0 saturated carbocycles. The second-order valence-corrected chi connectivity index (χ2v) is 4.27. The van der Waals surface area contributed by atoms with E-state index >= 15 is 0 Å². The maximum absolute atomic E-state index is 5.00. The molecule has 6 nitrogen and oxygen atoms in total. The highest BCUT2D eigenvalue weighted by Gasteiger charge is 1.98. The lowest BCUT2D eigenvalue weighted by atomic mass is 10.3. The maximum Gasteiger partial charge on any atom is 0.131 e. The topological polar surface area (TPSA) is 72.0 Å². The van der Waals surface area contributed by atoms with Crippen molar-refractivity contribution in [1.29, 1.82) is 0 Å². The first-order valence-corrected chi connectivity index (χ1v) is 6.56. The number of hydrogen-bond donors (Lipinski definition) is 2. The van der Waals surface area contributed by atoms with Crippen LogP contribution in [0.25, 0.3) is 0 Å². The van der Waals surface area contributed by atoms with E-state index in [4.69, 9.17) is 4.74 Å². The molecule has 2 rings (SSSR count). The van der Waals surface area contributed by atoms with Crippen molar-refractivity contribution in [1.82, 2.24) is 15.0 Å². The summed E-state index contributed by atoms with van der Waals surface area (Å²) >= 11 is 0. The van der Waals surface area contributed by atoms with E-state index in [0.717, 1.165) is 36.8 Å². The molecule has 0 aromatic carbocycles. The van der Waals surface area contributed by atoms with Gasteiger partial charge in [0, 0.05) is 45.3 Å². The maximum atomic E-state index is 5.00. The van der Waals surface area contributed by atoms with Crippen LogP contribution in [0.4, 0.5) is 11.6 Å². The fourth-order valence-electron chi connectivity index (χ4n) is 1.68. The molecule has 0 aliphatic heterocycles. The van der Waals surface area contributed by atoms with Crippen molar-refractivity contribution >= 4 is 11.6 Å². The van der Waals surface area contributed by atoms with Gasteiger partial charge in [-0.3, -0.25) is 4.98 Å². The second kappa shape index (κ2) is 8.06. The van der Waals surface area contributed by atoms with Gasteiger partial charge in [0.15, 0.2) is 0 Å². The van der Waals surface area contributed by atoms with Gasteiger partial charge in [-0.15, -0.1) is 0 Å². The summed E-state index contributed by atoms with van der Waals surface area (Å²) in [6.07, 6.45) is 6.05. The third-order valence-corrected chi connectivity index (χ3v) is 2.72. The van der Waals surface area contributed by atoms with Gasteiger partial charge in [-0.2, -0.15) is 0 Å². The summed E-state index contributed by atoms with van der Waals surface area (Å²) in [5, 5.41) is 6.50. The van der Waals surface area contributed by atoms with E-state index in [1.807, 2.05) is 18.2 Å². The minimum Gasteiger partial charge on any atom is -0.385 e. The number of nitrogens with one attached hydrogen (secondary N) is 2. The minimum absolute atomic E-state index is 0.711. The normalized spacial score (nSPS) is 10.2. The molecule has 2 N–H and O–H groups in total. The van der Waals surface area contributed by atoms with Crippen LogP contribution in [0.3, 0.4) is 0 Å². The molecule has 0 radical (unpaired) electrons. The number of pyridine rings is 1. The van der Waals surface area contributed by atoms with Crippen molar-refractivity contribution in [2.24, 2.45) is 0 Å². The Bertz CT molecular complexity index is 506. The minimum atomic E-state index is 0.711. The lowest BCUT2D eigenvalue weighted by Gasteiger charge is -2.08. The third-order valence-electron chi connectivity index (χ3n) is 2.72. The Morgan fingerprint density at radius 3 is 2.60 bits per heavy atom. The molecule has 0 amide bonds. The van der Waals surface area contributed by atoms with E-state index in [0.29, 0.717) is 6.54 Å². The molecule has 0 fully saturated rings. The van der Waals surface area contributed by atoms with Gasteiger partial charge in [0.1, 0.15) is 18.0 Å². The molecular weight excluding hydrogens is 254 g/mol. The molecule has 20 heavy (non-hydrogen) atoms. The first kappa shape index (κ1) is 14.2. The molecule has 2 heterocycles. The van der Waals surface area contributed by atoms with Crippen LogP contribution in [-0.4, -0.2) is 35.2 Å². The zero-order valence-electron chi connectivity index (χ0n) is 11.5. The summed E-state index contributed by atoms with van der Waals surface area (Å²) in [4.78, 5) is 12.4. The number of rotatable bonds is 8. The molecule has 6 heteroatoms. The Hall–Kier alpha value is -2.21.